The lowest BCUT2D eigenvalue weighted by molar-refractivity contribution is -0.119. The van der Waals surface area contributed by atoms with E-state index in [0.717, 1.165) is 0 Å². The maximum Gasteiger partial charge on any atom is 0.226 e. The zero-order valence-electron chi connectivity index (χ0n) is 13.0. The van der Waals surface area contributed by atoms with Crippen LogP contribution in [0, 0.1) is 5.82 Å². The number of thiocarbonyl (C=S) groups is 1. The number of amides is 1. The summed E-state index contributed by atoms with van der Waals surface area (Å²) < 4.78 is 18.3. The van der Waals surface area contributed by atoms with Crippen molar-refractivity contribution in [1.82, 2.24) is 5.32 Å². The van der Waals surface area contributed by atoms with Crippen LogP contribution in [-0.2, 0) is 4.79 Å². The molecule has 0 unspecified atom stereocenters. The van der Waals surface area contributed by atoms with Gasteiger partial charge in [-0.3, -0.25) is 4.79 Å². The topological polar surface area (TPSA) is 50.4 Å². The Hall–Kier alpha value is -1.89. The van der Waals surface area contributed by atoms with E-state index in [1.165, 1.54) is 24.3 Å². The Morgan fingerprint density at radius 1 is 1.16 bits per heavy atom. The Bertz CT molecular complexity index is 757. The molecular weight excluding hydrogens is 386 g/mol. The van der Waals surface area contributed by atoms with Crippen molar-refractivity contribution in [1.29, 1.82) is 0 Å². The van der Waals surface area contributed by atoms with Crippen molar-refractivity contribution in [3.8, 4) is 5.75 Å². The Balaban J connectivity index is 1.68. The largest absolute Gasteiger partial charge is 0.492 e. The highest BCUT2D eigenvalue weighted by Gasteiger charge is 2.06. The molecule has 132 valence electrons. The summed E-state index contributed by atoms with van der Waals surface area (Å²) in [5.74, 6) is -0.0771. The number of ether oxygens (including phenoxy) is 1. The van der Waals surface area contributed by atoms with Crippen molar-refractivity contribution >= 4 is 52.1 Å². The van der Waals surface area contributed by atoms with Crippen molar-refractivity contribution < 1.29 is 13.9 Å². The Labute approximate surface area is 160 Å². The zero-order chi connectivity index (χ0) is 18.2. The molecule has 1 amide bonds. The number of anilines is 1. The smallest absolute Gasteiger partial charge is 0.226 e. The summed E-state index contributed by atoms with van der Waals surface area (Å²) in [6.07, 6.45) is 0.723. The first-order valence-corrected chi connectivity index (χ1v) is 8.55. The molecule has 4 nitrogen and oxygen atoms in total. The van der Waals surface area contributed by atoms with Gasteiger partial charge in [0.05, 0.1) is 11.6 Å². The van der Waals surface area contributed by atoms with Gasteiger partial charge in [0.25, 0.3) is 0 Å². The van der Waals surface area contributed by atoms with Crippen molar-refractivity contribution in [3.63, 3.8) is 0 Å². The summed E-state index contributed by atoms with van der Waals surface area (Å²) in [6.45, 7) is 0.326. The maximum atomic E-state index is 12.8. The molecule has 0 aliphatic heterocycles. The molecule has 0 heterocycles. The number of carbonyl (C=O) groups excluding carboxylic acids is 1. The summed E-state index contributed by atoms with van der Waals surface area (Å²) >= 11 is 16.8. The standard InChI is InChI=1S/C17H15Cl2FN2O2S/c18-11-3-8-15(14(19)10-11)24-9-1-2-16(23)22-17(25)21-13-6-4-12(20)5-7-13/h3-8,10H,1-2,9H2,(H2,21,22,23,25). The van der Waals surface area contributed by atoms with Crippen LogP contribution in [0.2, 0.25) is 10.0 Å². The van der Waals surface area contributed by atoms with E-state index >= 15 is 0 Å². The lowest BCUT2D eigenvalue weighted by Gasteiger charge is -2.10. The lowest BCUT2D eigenvalue weighted by Crippen LogP contribution is -2.34. The monoisotopic (exact) mass is 400 g/mol. The second-order valence-electron chi connectivity index (χ2n) is 5.04. The molecule has 2 aromatic rings. The van der Waals surface area contributed by atoms with Gasteiger partial charge in [0.2, 0.25) is 5.91 Å². The van der Waals surface area contributed by atoms with Gasteiger partial charge in [-0.05, 0) is 61.1 Å². The third kappa shape index (κ3) is 6.86. The summed E-state index contributed by atoms with van der Waals surface area (Å²) in [6, 6.07) is 10.6. The van der Waals surface area contributed by atoms with Gasteiger partial charge in [0.15, 0.2) is 5.11 Å². The predicted molar refractivity (Wildman–Crippen MR) is 102 cm³/mol. The van der Waals surface area contributed by atoms with Gasteiger partial charge in [0.1, 0.15) is 11.6 Å². The third-order valence-corrected chi connectivity index (χ3v) is 3.79. The lowest BCUT2D eigenvalue weighted by atomic mass is 10.3. The van der Waals surface area contributed by atoms with Crippen LogP contribution in [-0.4, -0.2) is 17.6 Å². The molecular formula is C17H15Cl2FN2O2S. The van der Waals surface area contributed by atoms with Gasteiger partial charge < -0.3 is 15.4 Å². The van der Waals surface area contributed by atoms with E-state index < -0.39 is 0 Å². The van der Waals surface area contributed by atoms with Gasteiger partial charge in [-0.25, -0.2) is 4.39 Å². The molecule has 0 fully saturated rings. The Morgan fingerprint density at radius 3 is 2.56 bits per heavy atom. The number of nitrogens with one attached hydrogen (secondary N) is 2. The highest BCUT2D eigenvalue weighted by Crippen LogP contribution is 2.27. The van der Waals surface area contributed by atoms with Crippen LogP contribution in [0.5, 0.6) is 5.75 Å². The second-order valence-corrected chi connectivity index (χ2v) is 6.29. The number of halogens is 3. The van der Waals surface area contributed by atoms with Crippen LogP contribution in [0.15, 0.2) is 42.5 Å². The first-order chi connectivity index (χ1) is 11.9. The van der Waals surface area contributed by atoms with Crippen LogP contribution in [0.1, 0.15) is 12.8 Å². The molecule has 0 radical (unpaired) electrons. The average Bonchev–Trinajstić information content (AvgIpc) is 2.55. The molecule has 0 atom stereocenters. The van der Waals surface area contributed by atoms with Crippen LogP contribution in [0.25, 0.3) is 0 Å². The molecule has 0 aliphatic carbocycles. The Morgan fingerprint density at radius 2 is 1.88 bits per heavy atom. The quantitative estimate of drug-likeness (QED) is 0.539. The van der Waals surface area contributed by atoms with E-state index in [0.29, 0.717) is 34.5 Å². The molecule has 2 N–H and O–H groups in total. The zero-order valence-corrected chi connectivity index (χ0v) is 15.3. The van der Waals surface area contributed by atoms with E-state index in [1.54, 1.807) is 18.2 Å². The third-order valence-electron chi connectivity index (χ3n) is 3.05. The molecule has 0 bridgehead atoms. The van der Waals surface area contributed by atoms with Crippen LogP contribution in [0.4, 0.5) is 10.1 Å². The molecule has 0 aliphatic rings. The molecule has 25 heavy (non-hydrogen) atoms. The molecule has 0 saturated carbocycles. The number of rotatable bonds is 6. The van der Waals surface area contributed by atoms with Crippen LogP contribution < -0.4 is 15.4 Å². The fourth-order valence-electron chi connectivity index (χ4n) is 1.89. The van der Waals surface area contributed by atoms with Crippen molar-refractivity contribution in [2.45, 2.75) is 12.8 Å². The summed E-state index contributed by atoms with van der Waals surface area (Å²) in [7, 11) is 0. The molecule has 0 aromatic heterocycles. The first kappa shape index (κ1) is 19.4. The molecule has 8 heteroatoms. The molecule has 2 aromatic carbocycles. The number of hydrogen-bond donors (Lipinski definition) is 2. The molecule has 0 saturated heterocycles. The SMILES string of the molecule is O=C(CCCOc1ccc(Cl)cc1Cl)NC(=S)Nc1ccc(F)cc1. The van der Waals surface area contributed by atoms with Crippen molar-refractivity contribution in [3.05, 3.63) is 58.3 Å². The van der Waals surface area contributed by atoms with E-state index in [1.807, 2.05) is 0 Å². The van der Waals surface area contributed by atoms with Crippen molar-refractivity contribution in [2.24, 2.45) is 0 Å². The maximum absolute atomic E-state index is 12.8. The highest BCUT2D eigenvalue weighted by atomic mass is 35.5. The normalized spacial score (nSPS) is 10.2. The summed E-state index contributed by atoms with van der Waals surface area (Å²) in [5, 5.41) is 6.45. The number of benzene rings is 2. The highest BCUT2D eigenvalue weighted by molar-refractivity contribution is 7.80. The minimum absolute atomic E-state index is 0.151. The van der Waals surface area contributed by atoms with Crippen LogP contribution in [0.3, 0.4) is 0 Å². The van der Waals surface area contributed by atoms with E-state index in [9.17, 15) is 9.18 Å². The fraction of sp³-hybridized carbons (Fsp3) is 0.176. The average molecular weight is 401 g/mol. The molecule has 2 rings (SSSR count). The second kappa shape index (κ2) is 9.56. The van der Waals surface area contributed by atoms with Crippen molar-refractivity contribution in [2.75, 3.05) is 11.9 Å². The van der Waals surface area contributed by atoms with E-state index in [4.69, 9.17) is 40.2 Å². The van der Waals surface area contributed by atoms with Gasteiger partial charge in [-0.15, -0.1) is 0 Å². The van der Waals surface area contributed by atoms with E-state index in [2.05, 4.69) is 10.6 Å². The summed E-state index contributed by atoms with van der Waals surface area (Å²) in [5.41, 5.74) is 0.590. The minimum atomic E-state index is -0.346. The minimum Gasteiger partial charge on any atom is -0.492 e. The first-order valence-electron chi connectivity index (χ1n) is 7.38. The predicted octanol–water partition coefficient (Wildman–Crippen LogP) is 4.80. The summed E-state index contributed by atoms with van der Waals surface area (Å²) in [4.78, 5) is 11.8. The molecule has 0 spiro atoms. The fourth-order valence-corrected chi connectivity index (χ4v) is 2.59. The van der Waals surface area contributed by atoms with Gasteiger partial charge in [-0.2, -0.15) is 0 Å². The number of hydrogen-bond acceptors (Lipinski definition) is 3. The number of carbonyl (C=O) groups is 1. The Kier molecular flexibility index (Phi) is 7.43. The van der Waals surface area contributed by atoms with Gasteiger partial charge >= 0.3 is 0 Å². The van der Waals surface area contributed by atoms with E-state index in [-0.39, 0.29) is 23.3 Å². The van der Waals surface area contributed by atoms with Crippen LogP contribution >= 0.6 is 35.4 Å². The van der Waals surface area contributed by atoms with Gasteiger partial charge in [-0.1, -0.05) is 23.2 Å². The van der Waals surface area contributed by atoms with Gasteiger partial charge in [0, 0.05) is 17.1 Å².